The molecule has 0 amide bonds. The maximum Gasteiger partial charge on any atom is 0.205 e. The van der Waals surface area contributed by atoms with E-state index in [0.29, 0.717) is 6.04 Å². The van der Waals surface area contributed by atoms with Crippen LogP contribution in [-0.4, -0.2) is 21.9 Å². The smallest absolute Gasteiger partial charge is 0.205 e. The molecule has 1 saturated heterocycles. The second kappa shape index (κ2) is 4.56. The van der Waals surface area contributed by atoms with Crippen molar-refractivity contribution in [3.63, 3.8) is 0 Å². The molecule has 2 unspecified atom stereocenters. The molecule has 0 spiro atoms. The van der Waals surface area contributed by atoms with Crippen LogP contribution in [0.25, 0.3) is 0 Å². The topological polar surface area (TPSA) is 29.0 Å². The Bertz CT molecular complexity index is 380. The highest BCUT2D eigenvalue weighted by Gasteiger charge is 2.27. The first-order chi connectivity index (χ1) is 7.88. The van der Waals surface area contributed by atoms with E-state index in [1.165, 1.54) is 12.8 Å². The van der Waals surface area contributed by atoms with Gasteiger partial charge in [0.1, 0.15) is 5.82 Å². The first kappa shape index (κ1) is 12.8. The Balaban J connectivity index is 2.19. The Labute approximate surface area is 108 Å². The molecule has 2 atom stereocenters. The van der Waals surface area contributed by atoms with Crippen LogP contribution in [-0.2, 0) is 5.41 Å². The summed E-state index contributed by atoms with van der Waals surface area (Å²) < 4.78 is 4.51. The van der Waals surface area contributed by atoms with Gasteiger partial charge in [-0.1, -0.05) is 27.7 Å². The van der Waals surface area contributed by atoms with Crippen LogP contribution in [0.15, 0.2) is 0 Å². The number of hydrogen-bond donors (Lipinski definition) is 0. The summed E-state index contributed by atoms with van der Waals surface area (Å²) in [5.41, 5.74) is 0.0550. The largest absolute Gasteiger partial charge is 0.344 e. The summed E-state index contributed by atoms with van der Waals surface area (Å²) >= 11 is 1.55. The van der Waals surface area contributed by atoms with Gasteiger partial charge in [-0.3, -0.25) is 0 Å². The van der Waals surface area contributed by atoms with Crippen molar-refractivity contribution in [2.24, 2.45) is 5.92 Å². The van der Waals surface area contributed by atoms with E-state index in [2.05, 4.69) is 43.9 Å². The third-order valence-electron chi connectivity index (χ3n) is 3.45. The van der Waals surface area contributed by atoms with E-state index in [1.54, 1.807) is 11.5 Å². The van der Waals surface area contributed by atoms with Gasteiger partial charge in [0.15, 0.2) is 0 Å². The van der Waals surface area contributed by atoms with Gasteiger partial charge in [0.2, 0.25) is 5.13 Å². The highest BCUT2D eigenvalue weighted by molar-refractivity contribution is 7.09. The monoisotopic (exact) mass is 253 g/mol. The van der Waals surface area contributed by atoms with Crippen molar-refractivity contribution in [1.82, 2.24) is 9.36 Å². The molecule has 0 aromatic carbocycles. The lowest BCUT2D eigenvalue weighted by molar-refractivity contribution is 0.389. The molecular weight excluding hydrogens is 230 g/mol. The molecule has 1 aromatic heterocycles. The molecule has 96 valence electrons. The highest BCUT2D eigenvalue weighted by Crippen LogP contribution is 2.31. The predicted octanol–water partition coefficient (Wildman–Crippen LogP) is 3.46. The minimum atomic E-state index is 0.0550. The van der Waals surface area contributed by atoms with E-state index in [-0.39, 0.29) is 5.41 Å². The van der Waals surface area contributed by atoms with Crippen LogP contribution in [0.1, 0.15) is 53.3 Å². The molecular formula is C13H23N3S. The standard InChI is InChI=1S/C13H23N3S/c1-9-6-7-10(2)16(8-9)12-14-11(15-17-12)13(3,4)5/h9-10H,6-8H2,1-5H3. The third kappa shape index (κ3) is 2.79. The summed E-state index contributed by atoms with van der Waals surface area (Å²) in [7, 11) is 0. The second-order valence-corrected chi connectivity index (χ2v) is 7.06. The maximum atomic E-state index is 4.72. The Morgan fingerprint density at radius 1 is 1.24 bits per heavy atom. The van der Waals surface area contributed by atoms with E-state index in [4.69, 9.17) is 4.98 Å². The molecule has 0 radical (unpaired) electrons. The zero-order chi connectivity index (χ0) is 12.6. The molecule has 0 aliphatic carbocycles. The summed E-state index contributed by atoms with van der Waals surface area (Å²) in [5.74, 6) is 1.75. The minimum absolute atomic E-state index is 0.0550. The Morgan fingerprint density at radius 2 is 1.94 bits per heavy atom. The summed E-state index contributed by atoms with van der Waals surface area (Å²) in [6, 6.07) is 0.604. The van der Waals surface area contributed by atoms with Gasteiger partial charge in [0.05, 0.1) is 0 Å². The molecule has 1 fully saturated rings. The van der Waals surface area contributed by atoms with Crippen molar-refractivity contribution < 1.29 is 0 Å². The van der Waals surface area contributed by atoms with Crippen molar-refractivity contribution in [1.29, 1.82) is 0 Å². The van der Waals surface area contributed by atoms with Crippen LogP contribution in [0.4, 0.5) is 5.13 Å². The van der Waals surface area contributed by atoms with Gasteiger partial charge < -0.3 is 4.90 Å². The van der Waals surface area contributed by atoms with Gasteiger partial charge in [-0.25, -0.2) is 4.98 Å². The van der Waals surface area contributed by atoms with Crippen molar-refractivity contribution >= 4 is 16.7 Å². The van der Waals surface area contributed by atoms with Gasteiger partial charge in [-0.05, 0) is 25.7 Å². The van der Waals surface area contributed by atoms with E-state index in [0.717, 1.165) is 23.4 Å². The summed E-state index contributed by atoms with van der Waals surface area (Å²) in [6.45, 7) is 12.2. The molecule has 3 nitrogen and oxygen atoms in total. The average Bonchev–Trinajstić information content (AvgIpc) is 2.70. The zero-order valence-corrected chi connectivity index (χ0v) is 12.3. The lowest BCUT2D eigenvalue weighted by Gasteiger charge is -2.36. The van der Waals surface area contributed by atoms with Gasteiger partial charge in [-0.2, -0.15) is 4.37 Å². The van der Waals surface area contributed by atoms with E-state index in [1.807, 2.05) is 0 Å². The molecule has 2 heterocycles. The van der Waals surface area contributed by atoms with E-state index < -0.39 is 0 Å². The molecule has 17 heavy (non-hydrogen) atoms. The van der Waals surface area contributed by atoms with Crippen LogP contribution in [0, 0.1) is 5.92 Å². The van der Waals surface area contributed by atoms with Crippen LogP contribution >= 0.6 is 11.5 Å². The maximum absolute atomic E-state index is 4.72. The zero-order valence-electron chi connectivity index (χ0n) is 11.5. The highest BCUT2D eigenvalue weighted by atomic mass is 32.1. The number of piperidine rings is 1. The van der Waals surface area contributed by atoms with E-state index in [9.17, 15) is 0 Å². The normalized spacial score (nSPS) is 26.3. The van der Waals surface area contributed by atoms with Crippen LogP contribution in [0.2, 0.25) is 0 Å². The molecule has 0 N–H and O–H groups in total. The number of rotatable bonds is 1. The summed E-state index contributed by atoms with van der Waals surface area (Å²) in [6.07, 6.45) is 2.61. The minimum Gasteiger partial charge on any atom is -0.344 e. The molecule has 1 aromatic rings. The quantitative estimate of drug-likeness (QED) is 0.767. The average molecular weight is 253 g/mol. The Kier molecular flexibility index (Phi) is 3.43. The molecule has 0 saturated carbocycles. The SMILES string of the molecule is CC1CCC(C)N(c2nc(C(C)(C)C)ns2)C1. The number of aromatic nitrogens is 2. The second-order valence-electron chi connectivity index (χ2n) is 6.33. The molecule has 1 aliphatic heterocycles. The van der Waals surface area contributed by atoms with Crippen molar-refractivity contribution in [2.75, 3.05) is 11.4 Å². The number of hydrogen-bond acceptors (Lipinski definition) is 4. The Morgan fingerprint density at radius 3 is 2.53 bits per heavy atom. The van der Waals surface area contributed by atoms with Crippen molar-refractivity contribution in [2.45, 2.75) is 58.9 Å². The third-order valence-corrected chi connectivity index (χ3v) is 4.20. The molecule has 2 rings (SSSR count). The number of nitrogens with zero attached hydrogens (tertiary/aromatic N) is 3. The molecule has 0 bridgehead atoms. The fourth-order valence-corrected chi connectivity index (χ4v) is 3.16. The predicted molar refractivity (Wildman–Crippen MR) is 73.8 cm³/mol. The summed E-state index contributed by atoms with van der Waals surface area (Å²) in [5, 5.41) is 1.11. The van der Waals surface area contributed by atoms with E-state index >= 15 is 0 Å². The van der Waals surface area contributed by atoms with Gasteiger partial charge in [0.25, 0.3) is 0 Å². The van der Waals surface area contributed by atoms with Gasteiger partial charge in [-0.15, -0.1) is 0 Å². The van der Waals surface area contributed by atoms with Crippen molar-refractivity contribution in [3.05, 3.63) is 5.82 Å². The fourth-order valence-electron chi connectivity index (χ4n) is 2.19. The van der Waals surface area contributed by atoms with Gasteiger partial charge >= 0.3 is 0 Å². The lowest BCUT2D eigenvalue weighted by Crippen LogP contribution is -2.41. The van der Waals surface area contributed by atoms with Crippen molar-refractivity contribution in [3.8, 4) is 0 Å². The van der Waals surface area contributed by atoms with Crippen LogP contribution in [0.3, 0.4) is 0 Å². The molecule has 1 aliphatic rings. The number of anilines is 1. The van der Waals surface area contributed by atoms with Gasteiger partial charge in [0, 0.05) is 29.5 Å². The van der Waals surface area contributed by atoms with Crippen LogP contribution < -0.4 is 4.90 Å². The Hall–Kier alpha value is -0.640. The molecule has 4 heteroatoms. The lowest BCUT2D eigenvalue weighted by atomic mass is 9.95. The van der Waals surface area contributed by atoms with Crippen LogP contribution in [0.5, 0.6) is 0 Å². The first-order valence-electron chi connectivity index (χ1n) is 6.48. The summed E-state index contributed by atoms with van der Waals surface area (Å²) in [4.78, 5) is 7.16. The fraction of sp³-hybridized carbons (Fsp3) is 0.846. The first-order valence-corrected chi connectivity index (χ1v) is 7.26.